The maximum Gasteiger partial charge on any atom is 0.326 e. The summed E-state index contributed by atoms with van der Waals surface area (Å²) in [7, 11) is -2.93. The number of nitro groups is 1. The van der Waals surface area contributed by atoms with Crippen LogP contribution in [0.1, 0.15) is 12.5 Å². The van der Waals surface area contributed by atoms with E-state index in [1.165, 1.54) is 31.4 Å². The quantitative estimate of drug-likeness (QED) is 0.374. The highest BCUT2D eigenvalue weighted by molar-refractivity contribution is 7.92. The molecule has 0 saturated heterocycles. The zero-order chi connectivity index (χ0) is 20.9. The number of carbonyl (C=O) groups excluding carboxylic acids is 1. The van der Waals surface area contributed by atoms with Crippen molar-refractivity contribution in [3.05, 3.63) is 58.1 Å². The molecule has 0 N–H and O–H groups in total. The van der Waals surface area contributed by atoms with Gasteiger partial charge in [-0.05, 0) is 32.0 Å². The number of ether oxygens (including phenoxy) is 2. The lowest BCUT2D eigenvalue weighted by Crippen LogP contribution is -2.37. The fourth-order valence-electron chi connectivity index (χ4n) is 2.45. The predicted molar refractivity (Wildman–Crippen MR) is 102 cm³/mol. The number of anilines is 1. The Balaban J connectivity index is 2.66. The second kappa shape index (κ2) is 8.70. The summed E-state index contributed by atoms with van der Waals surface area (Å²) in [5, 5.41) is 11.2. The number of esters is 1. The first kappa shape index (κ1) is 21.2. The van der Waals surface area contributed by atoms with Gasteiger partial charge in [-0.1, -0.05) is 17.7 Å². The number of aryl methyl sites for hydroxylation is 1. The largest absolute Gasteiger partial charge is 0.495 e. The van der Waals surface area contributed by atoms with Crippen LogP contribution in [0.15, 0.2) is 47.4 Å². The molecule has 150 valence electrons. The van der Waals surface area contributed by atoms with E-state index in [0.29, 0.717) is 0 Å². The maximum atomic E-state index is 13.2. The van der Waals surface area contributed by atoms with Gasteiger partial charge in [0.25, 0.3) is 15.7 Å². The Morgan fingerprint density at radius 3 is 2.36 bits per heavy atom. The topological polar surface area (TPSA) is 116 Å². The van der Waals surface area contributed by atoms with Crippen molar-refractivity contribution in [2.75, 3.05) is 24.6 Å². The molecule has 10 heteroatoms. The molecule has 0 atom stereocenters. The van der Waals surface area contributed by atoms with Gasteiger partial charge in [-0.25, -0.2) is 8.42 Å². The van der Waals surface area contributed by atoms with Crippen LogP contribution in [0.2, 0.25) is 0 Å². The van der Waals surface area contributed by atoms with Crippen molar-refractivity contribution in [2.45, 2.75) is 18.7 Å². The minimum atomic E-state index is -4.23. The summed E-state index contributed by atoms with van der Waals surface area (Å²) in [6.45, 7) is 2.78. The lowest BCUT2D eigenvalue weighted by atomic mass is 10.2. The molecular weight excluding hydrogens is 388 g/mol. The van der Waals surface area contributed by atoms with Crippen LogP contribution in [-0.4, -0.2) is 39.6 Å². The van der Waals surface area contributed by atoms with Gasteiger partial charge in [-0.15, -0.1) is 0 Å². The molecule has 0 aliphatic rings. The number of nitrogens with zero attached hydrogens (tertiary/aromatic N) is 2. The number of sulfonamides is 1. The average molecular weight is 408 g/mol. The zero-order valence-electron chi connectivity index (χ0n) is 15.6. The number of nitro benzene ring substituents is 1. The zero-order valence-corrected chi connectivity index (χ0v) is 16.4. The Bertz CT molecular complexity index is 972. The number of methoxy groups -OCH3 is 1. The molecule has 0 spiro atoms. The first-order valence-corrected chi connectivity index (χ1v) is 9.72. The summed E-state index contributed by atoms with van der Waals surface area (Å²) in [6, 6.07) is 9.52. The maximum absolute atomic E-state index is 13.2. The lowest BCUT2D eigenvalue weighted by molar-refractivity contribution is -0.384. The van der Waals surface area contributed by atoms with Crippen molar-refractivity contribution in [3.63, 3.8) is 0 Å². The van der Waals surface area contributed by atoms with Crippen LogP contribution in [-0.2, 0) is 19.6 Å². The van der Waals surface area contributed by atoms with Gasteiger partial charge in [0.05, 0.1) is 23.5 Å². The SMILES string of the molecule is CCOC(=O)CN(c1cc([N+](=O)[O-])ccc1OC)S(=O)(=O)c1ccc(C)cc1. The number of rotatable bonds is 8. The second-order valence-corrected chi connectivity index (χ2v) is 7.61. The summed E-state index contributed by atoms with van der Waals surface area (Å²) in [4.78, 5) is 22.5. The number of benzene rings is 2. The monoisotopic (exact) mass is 408 g/mol. The van der Waals surface area contributed by atoms with Crippen molar-refractivity contribution in [2.24, 2.45) is 0 Å². The summed E-state index contributed by atoms with van der Waals surface area (Å²) < 4.78 is 37.3. The first-order valence-electron chi connectivity index (χ1n) is 8.28. The molecule has 9 nitrogen and oxygen atoms in total. The molecule has 2 aromatic carbocycles. The first-order chi connectivity index (χ1) is 13.2. The average Bonchev–Trinajstić information content (AvgIpc) is 2.66. The standard InChI is InChI=1S/C18H20N2O7S/c1-4-27-18(21)12-19(28(24,25)15-8-5-13(2)6-9-15)16-11-14(20(22)23)7-10-17(16)26-3/h5-11H,4,12H2,1-3H3. The van der Waals surface area contributed by atoms with Crippen molar-refractivity contribution >= 4 is 27.4 Å². The molecule has 0 bridgehead atoms. The molecule has 2 aromatic rings. The molecule has 0 saturated carbocycles. The van der Waals surface area contributed by atoms with Gasteiger partial charge >= 0.3 is 5.97 Å². The van der Waals surface area contributed by atoms with E-state index >= 15 is 0 Å². The van der Waals surface area contributed by atoms with E-state index < -0.39 is 27.5 Å². The van der Waals surface area contributed by atoms with Gasteiger partial charge in [0.2, 0.25) is 0 Å². The highest BCUT2D eigenvalue weighted by atomic mass is 32.2. The number of hydrogen-bond donors (Lipinski definition) is 0. The smallest absolute Gasteiger partial charge is 0.326 e. The molecule has 0 radical (unpaired) electrons. The Hall–Kier alpha value is -3.14. The van der Waals surface area contributed by atoms with Crippen LogP contribution in [0.4, 0.5) is 11.4 Å². The molecule has 0 aliphatic heterocycles. The molecule has 0 fully saturated rings. The van der Waals surface area contributed by atoms with E-state index in [4.69, 9.17) is 9.47 Å². The van der Waals surface area contributed by atoms with Crippen LogP contribution >= 0.6 is 0 Å². The summed E-state index contributed by atoms with van der Waals surface area (Å²) in [6.07, 6.45) is 0. The van der Waals surface area contributed by atoms with Gasteiger partial charge in [-0.3, -0.25) is 19.2 Å². The molecule has 28 heavy (non-hydrogen) atoms. The third-order valence-corrected chi connectivity index (χ3v) is 5.60. The molecule has 2 rings (SSSR count). The third-order valence-electron chi connectivity index (χ3n) is 3.83. The minimum Gasteiger partial charge on any atom is -0.495 e. The summed E-state index contributed by atoms with van der Waals surface area (Å²) in [5.74, 6) is -0.739. The van der Waals surface area contributed by atoms with E-state index in [2.05, 4.69) is 0 Å². The number of non-ortho nitro benzene ring substituents is 1. The van der Waals surface area contributed by atoms with Crippen molar-refractivity contribution in [3.8, 4) is 5.75 Å². The van der Waals surface area contributed by atoms with E-state index in [9.17, 15) is 23.3 Å². The highest BCUT2D eigenvalue weighted by Gasteiger charge is 2.31. The highest BCUT2D eigenvalue weighted by Crippen LogP contribution is 2.35. The predicted octanol–water partition coefficient (Wildman–Crippen LogP) is 2.67. The number of carbonyl (C=O) groups is 1. The fourth-order valence-corrected chi connectivity index (χ4v) is 3.86. The van der Waals surface area contributed by atoms with Crippen molar-refractivity contribution in [1.29, 1.82) is 0 Å². The molecule has 0 aliphatic carbocycles. The van der Waals surface area contributed by atoms with Gasteiger partial charge in [-0.2, -0.15) is 0 Å². The molecule has 0 heterocycles. The number of hydrogen-bond acceptors (Lipinski definition) is 7. The van der Waals surface area contributed by atoms with Gasteiger partial charge in [0.15, 0.2) is 0 Å². The van der Waals surface area contributed by atoms with Gasteiger partial charge in [0, 0.05) is 12.1 Å². The van der Waals surface area contributed by atoms with E-state index in [0.717, 1.165) is 15.9 Å². The van der Waals surface area contributed by atoms with E-state index in [1.54, 1.807) is 26.0 Å². The summed E-state index contributed by atoms with van der Waals surface area (Å²) in [5.41, 5.74) is 0.373. The fraction of sp³-hybridized carbons (Fsp3) is 0.278. The van der Waals surface area contributed by atoms with Gasteiger partial charge in [0.1, 0.15) is 18.0 Å². The Morgan fingerprint density at radius 1 is 1.18 bits per heavy atom. The lowest BCUT2D eigenvalue weighted by Gasteiger charge is -2.25. The van der Waals surface area contributed by atoms with Crippen LogP contribution < -0.4 is 9.04 Å². The van der Waals surface area contributed by atoms with E-state index in [1.807, 2.05) is 0 Å². The minimum absolute atomic E-state index is 0.0589. The van der Waals surface area contributed by atoms with Crippen LogP contribution in [0, 0.1) is 17.0 Å². The second-order valence-electron chi connectivity index (χ2n) is 5.74. The summed E-state index contributed by atoms with van der Waals surface area (Å²) >= 11 is 0. The van der Waals surface area contributed by atoms with Crippen LogP contribution in [0.5, 0.6) is 5.75 Å². The Kier molecular flexibility index (Phi) is 6.57. The van der Waals surface area contributed by atoms with Crippen molar-refractivity contribution in [1.82, 2.24) is 0 Å². The van der Waals surface area contributed by atoms with Crippen LogP contribution in [0.25, 0.3) is 0 Å². The molecule has 0 unspecified atom stereocenters. The Morgan fingerprint density at radius 2 is 1.82 bits per heavy atom. The van der Waals surface area contributed by atoms with Crippen molar-refractivity contribution < 1.29 is 27.6 Å². The van der Waals surface area contributed by atoms with Crippen LogP contribution in [0.3, 0.4) is 0 Å². The van der Waals surface area contributed by atoms with Gasteiger partial charge < -0.3 is 9.47 Å². The third kappa shape index (κ3) is 4.58. The molecule has 0 amide bonds. The normalized spacial score (nSPS) is 11.0. The Labute approximate surface area is 162 Å². The molecule has 0 aromatic heterocycles. The van der Waals surface area contributed by atoms with E-state index in [-0.39, 0.29) is 28.6 Å². The molecular formula is C18H20N2O7S.